The first-order chi connectivity index (χ1) is 10.9. The van der Waals surface area contributed by atoms with Crippen LogP contribution in [0, 0.1) is 10.1 Å². The number of hydrogen-bond acceptors (Lipinski definition) is 6. The summed E-state index contributed by atoms with van der Waals surface area (Å²) in [7, 11) is 1.19. The highest BCUT2D eigenvalue weighted by atomic mass is 19.3. The van der Waals surface area contributed by atoms with E-state index in [1.54, 1.807) is 0 Å². The van der Waals surface area contributed by atoms with Gasteiger partial charge in [0.05, 0.1) is 18.1 Å². The Morgan fingerprint density at radius 1 is 1.35 bits per heavy atom. The standard InChI is InChI=1S/C13H15F2N3O5/c1-22-10-6-8(12(19)17-4-2-16-3-5-17)9(18(20)21)7-11(10)23-13(14)15/h6-7,13,16H,2-5H2,1H3. The fraction of sp³-hybridized carbons (Fsp3) is 0.462. The zero-order chi connectivity index (χ0) is 17.0. The molecule has 1 aliphatic heterocycles. The van der Waals surface area contributed by atoms with E-state index in [2.05, 4.69) is 10.1 Å². The summed E-state index contributed by atoms with van der Waals surface area (Å²) in [6.07, 6.45) is 0. The van der Waals surface area contributed by atoms with E-state index in [1.807, 2.05) is 0 Å². The first kappa shape index (κ1) is 16.9. The molecule has 0 atom stereocenters. The molecular weight excluding hydrogens is 316 g/mol. The van der Waals surface area contributed by atoms with Gasteiger partial charge in [-0.25, -0.2) is 0 Å². The average molecular weight is 331 g/mol. The van der Waals surface area contributed by atoms with Crippen LogP contribution in [0.25, 0.3) is 0 Å². The number of methoxy groups -OCH3 is 1. The van der Waals surface area contributed by atoms with E-state index in [0.717, 1.165) is 12.1 Å². The van der Waals surface area contributed by atoms with Crippen molar-refractivity contribution in [3.05, 3.63) is 27.8 Å². The summed E-state index contributed by atoms with van der Waals surface area (Å²) in [5.41, 5.74) is -0.833. The third-order valence-electron chi connectivity index (χ3n) is 3.33. The zero-order valence-corrected chi connectivity index (χ0v) is 12.3. The lowest BCUT2D eigenvalue weighted by atomic mass is 10.1. The van der Waals surface area contributed by atoms with Crippen molar-refractivity contribution in [2.75, 3.05) is 33.3 Å². The number of carbonyl (C=O) groups excluding carboxylic acids is 1. The minimum atomic E-state index is -3.17. The van der Waals surface area contributed by atoms with Crippen molar-refractivity contribution in [2.45, 2.75) is 6.61 Å². The summed E-state index contributed by atoms with van der Waals surface area (Å²) in [5, 5.41) is 14.2. The van der Waals surface area contributed by atoms with Crippen molar-refractivity contribution < 1.29 is 28.0 Å². The Kier molecular flexibility index (Phi) is 5.27. The summed E-state index contributed by atoms with van der Waals surface area (Å²) in [4.78, 5) is 24.3. The summed E-state index contributed by atoms with van der Waals surface area (Å²) in [6.45, 7) is -1.23. The molecule has 0 unspecified atom stereocenters. The summed E-state index contributed by atoms with van der Waals surface area (Å²) in [5.74, 6) is -1.22. The van der Waals surface area contributed by atoms with Crippen LogP contribution in [-0.4, -0.2) is 55.6 Å². The second-order valence-electron chi connectivity index (χ2n) is 4.70. The van der Waals surface area contributed by atoms with E-state index in [9.17, 15) is 23.7 Å². The van der Waals surface area contributed by atoms with E-state index in [0.29, 0.717) is 26.2 Å². The van der Waals surface area contributed by atoms with Crippen LogP contribution in [0.3, 0.4) is 0 Å². The number of nitro benzene ring substituents is 1. The van der Waals surface area contributed by atoms with Crippen LogP contribution in [-0.2, 0) is 0 Å². The number of nitrogens with zero attached hydrogens (tertiary/aromatic N) is 2. The Hall–Kier alpha value is -2.49. The maximum atomic E-state index is 12.5. The van der Waals surface area contributed by atoms with Crippen LogP contribution in [0.5, 0.6) is 11.5 Å². The lowest BCUT2D eigenvalue weighted by Crippen LogP contribution is -2.46. The Morgan fingerprint density at radius 2 is 2.00 bits per heavy atom. The molecule has 0 aromatic heterocycles. The van der Waals surface area contributed by atoms with E-state index >= 15 is 0 Å². The Morgan fingerprint density at radius 3 is 2.52 bits per heavy atom. The van der Waals surface area contributed by atoms with Gasteiger partial charge in [0.25, 0.3) is 11.6 Å². The molecule has 1 aliphatic rings. The Bertz CT molecular complexity index is 606. The summed E-state index contributed by atoms with van der Waals surface area (Å²) >= 11 is 0. The van der Waals surface area contributed by atoms with E-state index in [1.165, 1.54) is 12.0 Å². The second kappa shape index (κ2) is 7.18. The molecule has 1 N–H and O–H groups in total. The van der Waals surface area contributed by atoms with Crippen LogP contribution in [0.4, 0.5) is 14.5 Å². The quantitative estimate of drug-likeness (QED) is 0.645. The number of piperazine rings is 1. The molecule has 0 radical (unpaired) electrons. The van der Waals surface area contributed by atoms with Crippen LogP contribution in [0.1, 0.15) is 10.4 Å². The predicted molar refractivity (Wildman–Crippen MR) is 75.1 cm³/mol. The van der Waals surface area contributed by atoms with Crippen molar-refractivity contribution in [1.29, 1.82) is 0 Å². The SMILES string of the molecule is COc1cc(C(=O)N2CCNCC2)c([N+](=O)[O-])cc1OC(F)F. The molecule has 1 heterocycles. The van der Waals surface area contributed by atoms with Gasteiger partial charge in [-0.1, -0.05) is 0 Å². The maximum absolute atomic E-state index is 12.5. The molecule has 23 heavy (non-hydrogen) atoms. The van der Waals surface area contributed by atoms with Gasteiger partial charge in [-0.3, -0.25) is 14.9 Å². The molecule has 10 heteroatoms. The number of halogens is 2. The van der Waals surface area contributed by atoms with E-state index in [4.69, 9.17) is 4.74 Å². The van der Waals surface area contributed by atoms with E-state index in [-0.39, 0.29) is 11.3 Å². The minimum absolute atomic E-state index is 0.172. The van der Waals surface area contributed by atoms with Gasteiger partial charge in [0.1, 0.15) is 5.56 Å². The Labute approximate surface area is 130 Å². The molecule has 1 amide bonds. The number of alkyl halides is 2. The maximum Gasteiger partial charge on any atom is 0.387 e. The fourth-order valence-corrected chi connectivity index (χ4v) is 2.26. The van der Waals surface area contributed by atoms with Crippen molar-refractivity contribution in [1.82, 2.24) is 10.2 Å². The Balaban J connectivity index is 2.44. The molecule has 0 aliphatic carbocycles. The van der Waals surface area contributed by atoms with Gasteiger partial charge in [-0.2, -0.15) is 8.78 Å². The number of nitro groups is 1. The van der Waals surface area contributed by atoms with Crippen LogP contribution >= 0.6 is 0 Å². The molecular formula is C13H15F2N3O5. The zero-order valence-electron chi connectivity index (χ0n) is 12.3. The molecule has 0 saturated carbocycles. The predicted octanol–water partition coefficient (Wildman–Crippen LogP) is 1.25. The van der Waals surface area contributed by atoms with Crippen LogP contribution < -0.4 is 14.8 Å². The van der Waals surface area contributed by atoms with Gasteiger partial charge >= 0.3 is 6.61 Å². The molecule has 1 aromatic carbocycles. The van der Waals surface area contributed by atoms with Gasteiger partial charge in [-0.15, -0.1) is 0 Å². The molecule has 1 saturated heterocycles. The number of benzene rings is 1. The van der Waals surface area contributed by atoms with Crippen LogP contribution in [0.15, 0.2) is 12.1 Å². The smallest absolute Gasteiger partial charge is 0.387 e. The highest BCUT2D eigenvalue weighted by Gasteiger charge is 2.29. The second-order valence-corrected chi connectivity index (χ2v) is 4.70. The molecule has 1 aromatic rings. The van der Waals surface area contributed by atoms with Gasteiger partial charge in [0.15, 0.2) is 11.5 Å². The number of nitrogens with one attached hydrogen (secondary N) is 1. The molecule has 0 spiro atoms. The van der Waals surface area contributed by atoms with E-state index < -0.39 is 28.9 Å². The van der Waals surface area contributed by atoms with Gasteiger partial charge in [0.2, 0.25) is 0 Å². The first-order valence-electron chi connectivity index (χ1n) is 6.75. The van der Waals surface area contributed by atoms with Crippen molar-refractivity contribution in [3.63, 3.8) is 0 Å². The molecule has 1 fully saturated rings. The van der Waals surface area contributed by atoms with Gasteiger partial charge in [0, 0.05) is 32.2 Å². The lowest BCUT2D eigenvalue weighted by molar-refractivity contribution is -0.385. The third-order valence-corrected chi connectivity index (χ3v) is 3.33. The van der Waals surface area contributed by atoms with Gasteiger partial charge in [-0.05, 0) is 0 Å². The summed E-state index contributed by atoms with van der Waals surface area (Å²) < 4.78 is 33.9. The molecule has 2 rings (SSSR count). The number of carbonyl (C=O) groups is 1. The molecule has 8 nitrogen and oxygen atoms in total. The van der Waals surface area contributed by atoms with Crippen LogP contribution in [0.2, 0.25) is 0 Å². The topological polar surface area (TPSA) is 93.9 Å². The average Bonchev–Trinajstić information content (AvgIpc) is 2.54. The fourth-order valence-electron chi connectivity index (χ4n) is 2.26. The lowest BCUT2D eigenvalue weighted by Gasteiger charge is -2.27. The number of hydrogen-bond donors (Lipinski definition) is 1. The monoisotopic (exact) mass is 331 g/mol. The number of amides is 1. The third kappa shape index (κ3) is 3.83. The van der Waals surface area contributed by atoms with Gasteiger partial charge < -0.3 is 19.7 Å². The molecule has 0 bridgehead atoms. The number of rotatable bonds is 5. The van der Waals surface area contributed by atoms with Crippen molar-refractivity contribution in [3.8, 4) is 11.5 Å². The minimum Gasteiger partial charge on any atom is -0.493 e. The highest BCUT2D eigenvalue weighted by Crippen LogP contribution is 2.36. The van der Waals surface area contributed by atoms with Crippen molar-refractivity contribution >= 4 is 11.6 Å². The summed E-state index contributed by atoms with van der Waals surface area (Å²) in [6, 6.07) is 1.83. The normalized spacial score (nSPS) is 14.7. The first-order valence-corrected chi connectivity index (χ1v) is 6.75. The highest BCUT2D eigenvalue weighted by molar-refractivity contribution is 5.99. The largest absolute Gasteiger partial charge is 0.493 e. The molecule has 126 valence electrons. The number of ether oxygens (including phenoxy) is 2. The van der Waals surface area contributed by atoms with Crippen molar-refractivity contribution in [2.24, 2.45) is 0 Å².